The van der Waals surface area contributed by atoms with Gasteiger partial charge in [-0.15, -0.1) is 0 Å². The molecule has 0 aliphatic carbocycles. The Morgan fingerprint density at radius 1 is 0.974 bits per heavy atom. The van der Waals surface area contributed by atoms with Crippen LogP contribution in [-0.4, -0.2) is 33.0 Å². The molecule has 3 aromatic carbocycles. The number of pyridine rings is 1. The first-order valence-corrected chi connectivity index (χ1v) is 13.2. The molecule has 0 spiro atoms. The van der Waals surface area contributed by atoms with Gasteiger partial charge in [0.05, 0.1) is 18.6 Å². The van der Waals surface area contributed by atoms with Crippen molar-refractivity contribution in [3.8, 4) is 11.5 Å². The molecular weight excluding hydrogens is 509 g/mol. The quantitative estimate of drug-likeness (QED) is 0.302. The predicted molar refractivity (Wildman–Crippen MR) is 142 cm³/mol. The van der Waals surface area contributed by atoms with E-state index in [1.165, 1.54) is 12.1 Å². The number of hydrogen-bond donors (Lipinski definition) is 1. The third-order valence-electron chi connectivity index (χ3n) is 5.61. The Morgan fingerprint density at radius 3 is 2.32 bits per heavy atom. The van der Waals surface area contributed by atoms with Gasteiger partial charge in [-0.1, -0.05) is 6.07 Å². The van der Waals surface area contributed by atoms with Crippen molar-refractivity contribution in [1.29, 1.82) is 0 Å². The number of carbonyl (C=O) groups excluding carboxylic acids is 1. The SMILES string of the molecule is CCOc1cc(N(Cc2cccnc2)c2ccc(C(=O)NS(=O)(=O)c3ccc(F)cc3)cc2)ccc1OC. The minimum absolute atomic E-state index is 0.144. The van der Waals surface area contributed by atoms with Gasteiger partial charge in [0.15, 0.2) is 11.5 Å². The van der Waals surface area contributed by atoms with Crippen molar-refractivity contribution < 1.29 is 27.1 Å². The van der Waals surface area contributed by atoms with Gasteiger partial charge in [-0.25, -0.2) is 17.5 Å². The molecule has 1 amide bonds. The molecule has 0 radical (unpaired) electrons. The summed E-state index contributed by atoms with van der Waals surface area (Å²) in [5.41, 5.74) is 2.66. The summed E-state index contributed by atoms with van der Waals surface area (Å²) < 4.78 is 51.4. The second kappa shape index (κ2) is 11.7. The molecular formula is C28H26FN3O5S. The number of nitrogens with zero attached hydrogens (tertiary/aromatic N) is 2. The van der Waals surface area contributed by atoms with Crippen molar-refractivity contribution in [3.05, 3.63) is 108 Å². The number of methoxy groups -OCH3 is 1. The number of rotatable bonds is 10. The first-order valence-electron chi connectivity index (χ1n) is 11.7. The molecule has 4 rings (SSSR count). The van der Waals surface area contributed by atoms with Crippen LogP contribution in [0, 0.1) is 5.82 Å². The zero-order valence-corrected chi connectivity index (χ0v) is 21.6. The van der Waals surface area contributed by atoms with E-state index in [2.05, 4.69) is 4.98 Å². The fourth-order valence-corrected chi connectivity index (χ4v) is 4.73. The average molecular weight is 536 g/mol. The molecule has 196 valence electrons. The molecule has 4 aromatic rings. The lowest BCUT2D eigenvalue weighted by atomic mass is 10.1. The van der Waals surface area contributed by atoms with Crippen molar-refractivity contribution in [2.24, 2.45) is 0 Å². The third kappa shape index (κ3) is 6.27. The number of ether oxygens (including phenoxy) is 2. The lowest BCUT2D eigenvalue weighted by Crippen LogP contribution is -2.30. The maximum absolute atomic E-state index is 13.2. The normalized spacial score (nSPS) is 11.0. The Kier molecular flexibility index (Phi) is 8.22. The fourth-order valence-electron chi connectivity index (χ4n) is 3.75. The largest absolute Gasteiger partial charge is 0.493 e. The van der Waals surface area contributed by atoms with Crippen LogP contribution in [0.25, 0.3) is 0 Å². The molecule has 0 unspecified atom stereocenters. The van der Waals surface area contributed by atoms with Crippen molar-refractivity contribution in [2.45, 2.75) is 18.4 Å². The minimum Gasteiger partial charge on any atom is -0.493 e. The molecule has 0 saturated carbocycles. The van der Waals surface area contributed by atoms with E-state index in [0.29, 0.717) is 24.7 Å². The van der Waals surface area contributed by atoms with E-state index in [-0.39, 0.29) is 10.5 Å². The first kappa shape index (κ1) is 26.6. The molecule has 0 saturated heterocycles. The Bertz CT molecular complexity index is 1500. The summed E-state index contributed by atoms with van der Waals surface area (Å²) in [6.45, 7) is 2.82. The van der Waals surface area contributed by atoms with Gasteiger partial charge >= 0.3 is 0 Å². The summed E-state index contributed by atoms with van der Waals surface area (Å²) in [5.74, 6) is -0.188. The third-order valence-corrected chi connectivity index (χ3v) is 6.96. The number of carbonyl (C=O) groups is 1. The van der Waals surface area contributed by atoms with Crippen LogP contribution in [0.5, 0.6) is 11.5 Å². The van der Waals surface area contributed by atoms with Crippen molar-refractivity contribution in [1.82, 2.24) is 9.71 Å². The lowest BCUT2D eigenvalue weighted by Gasteiger charge is -2.26. The van der Waals surface area contributed by atoms with Gasteiger partial charge in [0.2, 0.25) is 0 Å². The number of aromatic nitrogens is 1. The van der Waals surface area contributed by atoms with E-state index in [1.54, 1.807) is 31.6 Å². The molecule has 0 aliphatic rings. The molecule has 8 nitrogen and oxygen atoms in total. The smallest absolute Gasteiger partial charge is 0.264 e. The number of anilines is 2. The molecule has 38 heavy (non-hydrogen) atoms. The Labute approximate surface area is 220 Å². The number of amides is 1. The van der Waals surface area contributed by atoms with Crippen molar-refractivity contribution in [2.75, 3.05) is 18.6 Å². The maximum atomic E-state index is 13.2. The van der Waals surface area contributed by atoms with Crippen LogP contribution in [0.4, 0.5) is 15.8 Å². The van der Waals surface area contributed by atoms with Gasteiger partial charge in [-0.2, -0.15) is 0 Å². The summed E-state index contributed by atoms with van der Waals surface area (Å²) in [6, 6.07) is 20.1. The molecule has 1 heterocycles. The van der Waals surface area contributed by atoms with E-state index in [0.717, 1.165) is 41.2 Å². The minimum atomic E-state index is -4.16. The van der Waals surface area contributed by atoms with E-state index < -0.39 is 21.7 Å². The molecule has 1 aromatic heterocycles. The van der Waals surface area contributed by atoms with E-state index in [1.807, 2.05) is 46.9 Å². The Balaban J connectivity index is 1.62. The highest BCUT2D eigenvalue weighted by molar-refractivity contribution is 7.90. The number of benzene rings is 3. The predicted octanol–water partition coefficient (Wildman–Crippen LogP) is 5.09. The van der Waals surface area contributed by atoms with Gasteiger partial charge in [-0.3, -0.25) is 9.78 Å². The maximum Gasteiger partial charge on any atom is 0.264 e. The van der Waals surface area contributed by atoms with Gasteiger partial charge in [-0.05, 0) is 79.2 Å². The summed E-state index contributed by atoms with van der Waals surface area (Å²) in [6.07, 6.45) is 3.46. The first-order chi connectivity index (χ1) is 18.3. The highest BCUT2D eigenvalue weighted by Gasteiger charge is 2.20. The topological polar surface area (TPSA) is 97.8 Å². The number of halogens is 1. The molecule has 0 bridgehead atoms. The lowest BCUT2D eigenvalue weighted by molar-refractivity contribution is 0.0981. The van der Waals surface area contributed by atoms with Gasteiger partial charge in [0.25, 0.3) is 15.9 Å². The molecule has 0 fully saturated rings. The molecule has 0 aliphatic heterocycles. The second-order valence-corrected chi connectivity index (χ2v) is 9.83. The Hall–Kier alpha value is -4.44. The molecule has 1 N–H and O–H groups in total. The summed E-state index contributed by atoms with van der Waals surface area (Å²) >= 11 is 0. The monoisotopic (exact) mass is 535 g/mol. The fraction of sp³-hybridized carbons (Fsp3) is 0.143. The zero-order valence-electron chi connectivity index (χ0n) is 20.8. The number of nitrogens with one attached hydrogen (secondary N) is 1. The summed E-state index contributed by atoms with van der Waals surface area (Å²) in [5, 5.41) is 0. The van der Waals surface area contributed by atoms with E-state index in [4.69, 9.17) is 9.47 Å². The van der Waals surface area contributed by atoms with Crippen LogP contribution >= 0.6 is 0 Å². The van der Waals surface area contributed by atoms with Crippen LogP contribution in [0.15, 0.2) is 96.2 Å². The number of hydrogen-bond acceptors (Lipinski definition) is 7. The van der Waals surface area contributed by atoms with Gasteiger partial charge in [0, 0.05) is 41.9 Å². The molecule has 10 heteroatoms. The highest BCUT2D eigenvalue weighted by Crippen LogP contribution is 2.36. The zero-order chi connectivity index (χ0) is 27.1. The standard InChI is InChI=1S/C28H26FN3O5S/c1-3-37-27-17-24(12-15-26(27)36-2)32(19-20-5-4-16-30-18-20)23-10-6-21(7-11-23)28(33)31-38(34,35)25-13-8-22(29)9-14-25/h4-18H,3,19H2,1-2H3,(H,31,33). The second-order valence-electron chi connectivity index (χ2n) is 8.15. The molecule has 0 atom stereocenters. The van der Waals surface area contributed by atoms with Crippen LogP contribution in [-0.2, 0) is 16.6 Å². The van der Waals surface area contributed by atoms with E-state index >= 15 is 0 Å². The Morgan fingerprint density at radius 2 is 1.68 bits per heavy atom. The highest BCUT2D eigenvalue weighted by atomic mass is 32.2. The van der Waals surface area contributed by atoms with Gasteiger partial charge < -0.3 is 14.4 Å². The van der Waals surface area contributed by atoms with E-state index in [9.17, 15) is 17.6 Å². The summed E-state index contributed by atoms with van der Waals surface area (Å²) in [7, 11) is -2.59. The van der Waals surface area contributed by atoms with Crippen molar-refractivity contribution >= 4 is 27.3 Å². The van der Waals surface area contributed by atoms with Crippen LogP contribution in [0.1, 0.15) is 22.8 Å². The van der Waals surface area contributed by atoms with Crippen LogP contribution in [0.3, 0.4) is 0 Å². The van der Waals surface area contributed by atoms with Gasteiger partial charge in [0.1, 0.15) is 5.82 Å². The average Bonchev–Trinajstić information content (AvgIpc) is 2.92. The van der Waals surface area contributed by atoms with Crippen molar-refractivity contribution in [3.63, 3.8) is 0 Å². The van der Waals surface area contributed by atoms with Crippen LogP contribution < -0.4 is 19.1 Å². The summed E-state index contributed by atoms with van der Waals surface area (Å²) in [4.78, 5) is 18.7. The number of sulfonamides is 1. The van der Waals surface area contributed by atoms with Crippen LogP contribution in [0.2, 0.25) is 0 Å².